The molecule has 2 nitrogen and oxygen atoms in total. The molecule has 114 valence electrons. The summed E-state index contributed by atoms with van der Waals surface area (Å²) in [5.41, 5.74) is 5.65. The molecule has 3 rings (SSSR count). The third-order valence-electron chi connectivity index (χ3n) is 4.17. The Morgan fingerprint density at radius 3 is 2.68 bits per heavy atom. The monoisotopic (exact) mass is 405 g/mol. The third-order valence-corrected chi connectivity index (χ3v) is 4.17. The molecule has 0 atom stereocenters. The van der Waals surface area contributed by atoms with E-state index in [1.165, 1.54) is 11.1 Å². The molecule has 0 amide bonds. The largest absolute Gasteiger partial charge is 1.00 e. The van der Waals surface area contributed by atoms with Crippen molar-refractivity contribution >= 4 is 11.5 Å². The summed E-state index contributed by atoms with van der Waals surface area (Å²) in [6.07, 6.45) is 1.52. The quantitative estimate of drug-likeness (QED) is 0.408. The van der Waals surface area contributed by atoms with E-state index >= 15 is 0 Å². The molecular weight excluding hydrogens is 385 g/mol. The average molecular weight is 405 g/mol. The van der Waals surface area contributed by atoms with Crippen molar-refractivity contribution in [1.82, 2.24) is 0 Å². The first-order valence-corrected chi connectivity index (χ1v) is 7.40. The number of carbonyl (C=O) groups is 1. The maximum absolute atomic E-state index is 12.6. The molecular formula is C19H20INO. The summed E-state index contributed by atoms with van der Waals surface area (Å²) < 4.78 is 2.22. The Kier molecular flexibility index (Phi) is 5.51. The molecule has 3 heteroatoms. The maximum atomic E-state index is 12.6. The summed E-state index contributed by atoms with van der Waals surface area (Å²) in [6, 6.07) is 16.3. The number of nitrogens with zero attached hydrogens (tertiary/aromatic N) is 1. The molecule has 0 saturated carbocycles. The highest BCUT2D eigenvalue weighted by molar-refractivity contribution is 6.14. The van der Waals surface area contributed by atoms with Crippen molar-refractivity contribution in [2.75, 3.05) is 13.6 Å². The highest BCUT2D eigenvalue weighted by Gasteiger charge is 2.25. The molecule has 2 aromatic carbocycles. The van der Waals surface area contributed by atoms with Gasteiger partial charge in [-0.05, 0) is 24.6 Å². The van der Waals surface area contributed by atoms with Crippen LogP contribution in [0.4, 0.5) is 0 Å². The minimum Gasteiger partial charge on any atom is -1.00 e. The number of hydrogen-bond donors (Lipinski definition) is 0. The van der Waals surface area contributed by atoms with E-state index in [-0.39, 0.29) is 29.8 Å². The van der Waals surface area contributed by atoms with Gasteiger partial charge in [-0.3, -0.25) is 4.79 Å². The fraction of sp³-hybridized carbons (Fsp3) is 0.263. The fourth-order valence-corrected chi connectivity index (χ4v) is 2.95. The van der Waals surface area contributed by atoms with Gasteiger partial charge in [-0.15, -0.1) is 0 Å². The van der Waals surface area contributed by atoms with E-state index < -0.39 is 0 Å². The summed E-state index contributed by atoms with van der Waals surface area (Å²) in [5.74, 6) is 0.192. The molecule has 0 aromatic heterocycles. The van der Waals surface area contributed by atoms with Crippen molar-refractivity contribution in [3.8, 4) is 0 Å². The van der Waals surface area contributed by atoms with E-state index in [1.807, 2.05) is 31.2 Å². The van der Waals surface area contributed by atoms with Crippen LogP contribution >= 0.6 is 0 Å². The number of rotatable bonds is 3. The lowest BCUT2D eigenvalue weighted by atomic mass is 9.92. The van der Waals surface area contributed by atoms with Gasteiger partial charge in [0.05, 0.1) is 6.42 Å². The van der Waals surface area contributed by atoms with E-state index in [4.69, 9.17) is 0 Å². The van der Waals surface area contributed by atoms with Crippen molar-refractivity contribution < 1.29 is 33.3 Å². The topological polar surface area (TPSA) is 20.1 Å². The van der Waals surface area contributed by atoms with E-state index in [1.54, 1.807) is 0 Å². The van der Waals surface area contributed by atoms with Crippen LogP contribution in [-0.4, -0.2) is 29.7 Å². The lowest BCUT2D eigenvalue weighted by molar-refractivity contribution is -0.498. The predicted molar refractivity (Wildman–Crippen MR) is 85.4 cm³/mol. The standard InChI is InChI=1S/C19H20NO.HI/c1-14-6-5-8-16(12-14)19(21)13-18-17-9-4-3-7-15(17)10-11-20(18)2;/h3-9,12H,10-11,13H2,1-2H3;1H/q+1;/p-1. The second-order valence-corrected chi connectivity index (χ2v) is 5.74. The zero-order valence-electron chi connectivity index (χ0n) is 13.0. The van der Waals surface area contributed by atoms with Gasteiger partial charge in [-0.25, -0.2) is 4.58 Å². The summed E-state index contributed by atoms with van der Waals surface area (Å²) in [7, 11) is 2.08. The molecule has 0 aliphatic carbocycles. The Balaban J connectivity index is 0.00000176. The first-order chi connectivity index (χ1) is 10.1. The maximum Gasteiger partial charge on any atom is 0.191 e. The Bertz CT molecular complexity index is 734. The van der Waals surface area contributed by atoms with Crippen molar-refractivity contribution in [2.45, 2.75) is 19.8 Å². The zero-order valence-corrected chi connectivity index (χ0v) is 15.1. The first-order valence-electron chi connectivity index (χ1n) is 7.40. The van der Waals surface area contributed by atoms with Crippen LogP contribution in [0.2, 0.25) is 0 Å². The van der Waals surface area contributed by atoms with Crippen LogP contribution in [-0.2, 0) is 6.42 Å². The van der Waals surface area contributed by atoms with Crippen LogP contribution in [0.3, 0.4) is 0 Å². The molecule has 0 spiro atoms. The Morgan fingerprint density at radius 2 is 1.91 bits per heavy atom. The summed E-state index contributed by atoms with van der Waals surface area (Å²) >= 11 is 0. The van der Waals surface area contributed by atoms with Crippen LogP contribution < -0.4 is 24.0 Å². The molecule has 0 radical (unpaired) electrons. The van der Waals surface area contributed by atoms with Crippen LogP contribution in [0, 0.1) is 6.92 Å². The number of carbonyl (C=O) groups excluding carboxylic acids is 1. The molecule has 0 fully saturated rings. The fourth-order valence-electron chi connectivity index (χ4n) is 2.95. The van der Waals surface area contributed by atoms with Gasteiger partial charge >= 0.3 is 0 Å². The molecule has 0 bridgehead atoms. The van der Waals surface area contributed by atoms with Crippen molar-refractivity contribution in [3.05, 3.63) is 70.8 Å². The average Bonchev–Trinajstić information content (AvgIpc) is 2.50. The number of fused-ring (bicyclic) bond motifs is 1. The molecule has 0 saturated heterocycles. The summed E-state index contributed by atoms with van der Waals surface area (Å²) in [5, 5.41) is 0. The number of Topliss-reactive ketones (excluding diaryl/α,β-unsaturated/α-hetero) is 1. The summed E-state index contributed by atoms with van der Waals surface area (Å²) in [4.78, 5) is 12.6. The molecule has 0 unspecified atom stereocenters. The highest BCUT2D eigenvalue weighted by Crippen LogP contribution is 2.18. The highest BCUT2D eigenvalue weighted by atomic mass is 127. The summed E-state index contributed by atoms with van der Waals surface area (Å²) in [6.45, 7) is 3.00. The van der Waals surface area contributed by atoms with Gasteiger partial charge < -0.3 is 24.0 Å². The van der Waals surface area contributed by atoms with E-state index in [2.05, 4.69) is 35.9 Å². The number of ketones is 1. The Hall–Kier alpha value is -1.49. The van der Waals surface area contributed by atoms with Crippen LogP contribution in [0.1, 0.15) is 33.5 Å². The van der Waals surface area contributed by atoms with Gasteiger partial charge in [-0.2, -0.15) is 0 Å². The minimum atomic E-state index is 0. The van der Waals surface area contributed by atoms with E-state index in [0.29, 0.717) is 6.42 Å². The molecule has 2 aromatic rings. The predicted octanol–water partition coefficient (Wildman–Crippen LogP) is 0.260. The number of benzene rings is 2. The minimum absolute atomic E-state index is 0. The van der Waals surface area contributed by atoms with Crippen LogP contribution in [0.25, 0.3) is 0 Å². The van der Waals surface area contributed by atoms with Crippen molar-refractivity contribution in [2.24, 2.45) is 0 Å². The van der Waals surface area contributed by atoms with E-state index in [9.17, 15) is 4.79 Å². The Labute approximate surface area is 148 Å². The smallest absolute Gasteiger partial charge is 0.191 e. The number of hydrogen-bond acceptors (Lipinski definition) is 1. The Morgan fingerprint density at radius 1 is 1.14 bits per heavy atom. The number of aryl methyl sites for hydroxylation is 1. The molecule has 1 aliphatic rings. The first kappa shape index (κ1) is 16.9. The number of likely N-dealkylation sites (N-methyl/N-ethyl adjacent to an activating group) is 1. The van der Waals surface area contributed by atoms with Gasteiger partial charge in [0.1, 0.15) is 13.6 Å². The lowest BCUT2D eigenvalue weighted by Crippen LogP contribution is -3.00. The second-order valence-electron chi connectivity index (χ2n) is 5.74. The molecule has 1 heterocycles. The van der Waals surface area contributed by atoms with Gasteiger partial charge in [0.15, 0.2) is 11.5 Å². The lowest BCUT2D eigenvalue weighted by Gasteiger charge is -2.16. The van der Waals surface area contributed by atoms with Gasteiger partial charge in [0, 0.05) is 17.5 Å². The van der Waals surface area contributed by atoms with Crippen molar-refractivity contribution in [3.63, 3.8) is 0 Å². The zero-order chi connectivity index (χ0) is 14.8. The SMILES string of the molecule is Cc1cccc(C(=O)CC2=[N+](C)CCc3ccccc32)c1.[I-]. The number of halogens is 1. The molecule has 0 N–H and O–H groups in total. The van der Waals surface area contributed by atoms with Crippen LogP contribution in [0.15, 0.2) is 48.5 Å². The van der Waals surface area contributed by atoms with Crippen molar-refractivity contribution in [1.29, 1.82) is 0 Å². The van der Waals surface area contributed by atoms with E-state index in [0.717, 1.165) is 29.8 Å². The molecule has 1 aliphatic heterocycles. The molecule has 22 heavy (non-hydrogen) atoms. The van der Waals surface area contributed by atoms with Gasteiger partial charge in [-0.1, -0.05) is 42.0 Å². The normalized spacial score (nSPS) is 13.4. The second kappa shape index (κ2) is 7.18. The van der Waals surface area contributed by atoms with Crippen LogP contribution in [0.5, 0.6) is 0 Å². The van der Waals surface area contributed by atoms with Gasteiger partial charge in [0.25, 0.3) is 0 Å². The van der Waals surface area contributed by atoms with Gasteiger partial charge in [0.2, 0.25) is 0 Å². The third kappa shape index (κ3) is 3.46.